The van der Waals surface area contributed by atoms with Crippen molar-refractivity contribution in [3.05, 3.63) is 34.3 Å². The van der Waals surface area contributed by atoms with Gasteiger partial charge in [0.2, 0.25) is 10.0 Å². The van der Waals surface area contributed by atoms with E-state index in [1.165, 1.54) is 6.07 Å². The number of halogens is 1. The molecule has 23 heavy (non-hydrogen) atoms. The van der Waals surface area contributed by atoms with Gasteiger partial charge >= 0.3 is 5.97 Å². The van der Waals surface area contributed by atoms with E-state index < -0.39 is 16.0 Å². The van der Waals surface area contributed by atoms with E-state index in [0.29, 0.717) is 32.7 Å². The predicted octanol–water partition coefficient (Wildman–Crippen LogP) is 1.65. The van der Waals surface area contributed by atoms with Crippen LogP contribution in [0.1, 0.15) is 28.8 Å². The summed E-state index contributed by atoms with van der Waals surface area (Å²) in [7, 11) is -3.09. The molecule has 1 saturated heterocycles. The van der Waals surface area contributed by atoms with Gasteiger partial charge in [0.25, 0.3) is 0 Å². The first-order valence-corrected chi connectivity index (χ1v) is 9.49. The third-order valence-corrected chi connectivity index (χ3v) is 7.02. The monoisotopic (exact) mass is 358 g/mol. The number of hydrogen-bond acceptors (Lipinski definition) is 4. The second-order valence-corrected chi connectivity index (χ2v) is 8.66. The van der Waals surface area contributed by atoms with Crippen molar-refractivity contribution < 1.29 is 18.3 Å². The van der Waals surface area contributed by atoms with Crippen LogP contribution in [-0.2, 0) is 16.6 Å². The van der Waals surface area contributed by atoms with Crippen molar-refractivity contribution >= 4 is 27.6 Å². The lowest BCUT2D eigenvalue weighted by Gasteiger charge is -2.34. The zero-order valence-electron chi connectivity index (χ0n) is 12.6. The lowest BCUT2D eigenvalue weighted by molar-refractivity contribution is 0.0697. The normalized spacial score (nSPS) is 20.6. The molecular weight excluding hydrogens is 340 g/mol. The minimum atomic E-state index is -3.09. The molecule has 0 spiro atoms. The Bertz CT molecular complexity index is 710. The summed E-state index contributed by atoms with van der Waals surface area (Å²) in [6.45, 7) is 3.00. The maximum absolute atomic E-state index is 12.2. The molecule has 8 heteroatoms. The number of carbonyl (C=O) groups is 1. The van der Waals surface area contributed by atoms with Crippen molar-refractivity contribution in [2.45, 2.75) is 24.6 Å². The highest BCUT2D eigenvalue weighted by atomic mass is 35.5. The second kappa shape index (κ2) is 6.39. The summed E-state index contributed by atoms with van der Waals surface area (Å²) in [6, 6.07) is 4.93. The Kier molecular flexibility index (Phi) is 4.64. The van der Waals surface area contributed by atoms with Gasteiger partial charge in [0.05, 0.1) is 15.8 Å². The first-order valence-electron chi connectivity index (χ1n) is 7.61. The van der Waals surface area contributed by atoms with E-state index >= 15 is 0 Å². The summed E-state index contributed by atoms with van der Waals surface area (Å²) in [4.78, 5) is 13.1. The van der Waals surface area contributed by atoms with E-state index in [0.717, 1.165) is 18.4 Å². The maximum Gasteiger partial charge on any atom is 0.337 e. The smallest absolute Gasteiger partial charge is 0.337 e. The molecule has 126 valence electrons. The van der Waals surface area contributed by atoms with E-state index in [2.05, 4.69) is 4.90 Å². The zero-order chi connectivity index (χ0) is 16.6. The van der Waals surface area contributed by atoms with Gasteiger partial charge in [-0.15, -0.1) is 0 Å². The lowest BCUT2D eigenvalue weighted by Crippen LogP contribution is -2.49. The fourth-order valence-electron chi connectivity index (χ4n) is 2.81. The molecule has 1 aromatic carbocycles. The Morgan fingerprint density at radius 3 is 2.39 bits per heavy atom. The van der Waals surface area contributed by atoms with Crippen LogP contribution in [0.15, 0.2) is 18.2 Å². The Labute approximate surface area is 140 Å². The number of aromatic carboxylic acids is 1. The van der Waals surface area contributed by atoms with Crippen LogP contribution in [0.3, 0.4) is 0 Å². The molecule has 0 aromatic heterocycles. The Morgan fingerprint density at radius 1 is 1.22 bits per heavy atom. The van der Waals surface area contributed by atoms with Crippen LogP contribution in [0.5, 0.6) is 0 Å². The van der Waals surface area contributed by atoms with E-state index in [9.17, 15) is 13.2 Å². The molecule has 1 saturated carbocycles. The van der Waals surface area contributed by atoms with Crippen LogP contribution in [0.25, 0.3) is 0 Å². The largest absolute Gasteiger partial charge is 0.478 e. The van der Waals surface area contributed by atoms with E-state index in [4.69, 9.17) is 16.7 Å². The zero-order valence-corrected chi connectivity index (χ0v) is 14.2. The van der Waals surface area contributed by atoms with Crippen molar-refractivity contribution in [2.75, 3.05) is 26.2 Å². The summed E-state index contributed by atoms with van der Waals surface area (Å²) >= 11 is 5.98. The molecule has 1 aliphatic carbocycles. The average Bonchev–Trinajstić information content (AvgIpc) is 3.32. The number of piperazine rings is 1. The van der Waals surface area contributed by atoms with Crippen LogP contribution >= 0.6 is 11.6 Å². The molecular formula is C15H19ClN2O4S. The summed E-state index contributed by atoms with van der Waals surface area (Å²) in [5.41, 5.74) is 1.02. The van der Waals surface area contributed by atoms with Gasteiger partial charge in [-0.2, -0.15) is 4.31 Å². The molecule has 1 heterocycles. The fraction of sp³-hybridized carbons (Fsp3) is 0.533. The van der Waals surface area contributed by atoms with Crippen LogP contribution in [-0.4, -0.2) is 60.1 Å². The summed E-state index contributed by atoms with van der Waals surface area (Å²) in [5, 5.41) is 9.05. The minimum Gasteiger partial charge on any atom is -0.478 e. The number of benzene rings is 1. The quantitative estimate of drug-likeness (QED) is 0.865. The van der Waals surface area contributed by atoms with E-state index in [1.807, 2.05) is 0 Å². The van der Waals surface area contributed by atoms with Crippen molar-refractivity contribution in [3.63, 3.8) is 0 Å². The predicted molar refractivity (Wildman–Crippen MR) is 87.2 cm³/mol. The third-order valence-electron chi connectivity index (χ3n) is 4.31. The standard InChI is InChI=1S/C15H19ClN2O4S/c16-14-9-11(1-4-13(14)15(19)20)10-17-5-7-18(8-6-17)23(21,22)12-2-3-12/h1,4,9,12H,2-3,5-8,10H2,(H,19,20). The number of hydrogen-bond donors (Lipinski definition) is 1. The van der Waals surface area contributed by atoms with Crippen LogP contribution < -0.4 is 0 Å². The van der Waals surface area contributed by atoms with Gasteiger partial charge in [0.15, 0.2) is 0 Å². The molecule has 1 aliphatic heterocycles. The van der Waals surface area contributed by atoms with Crippen LogP contribution in [0.2, 0.25) is 5.02 Å². The molecule has 1 N–H and O–H groups in total. The van der Waals surface area contributed by atoms with Gasteiger partial charge in [-0.3, -0.25) is 4.90 Å². The highest BCUT2D eigenvalue weighted by molar-refractivity contribution is 7.90. The molecule has 0 radical (unpaired) electrons. The molecule has 0 amide bonds. The summed E-state index contributed by atoms with van der Waals surface area (Å²) < 4.78 is 26.0. The first-order chi connectivity index (χ1) is 10.9. The summed E-state index contributed by atoms with van der Waals surface area (Å²) in [6.07, 6.45) is 1.58. The third kappa shape index (κ3) is 3.68. The van der Waals surface area contributed by atoms with E-state index in [1.54, 1.807) is 16.4 Å². The number of rotatable bonds is 5. The second-order valence-electron chi connectivity index (χ2n) is 6.04. The van der Waals surface area contributed by atoms with Gasteiger partial charge in [-0.1, -0.05) is 17.7 Å². The number of carboxylic acids is 1. The fourth-order valence-corrected chi connectivity index (χ4v) is 4.92. The number of carboxylic acid groups (broad SMARTS) is 1. The highest BCUT2D eigenvalue weighted by Gasteiger charge is 2.40. The van der Waals surface area contributed by atoms with Crippen LogP contribution in [0, 0.1) is 0 Å². The Morgan fingerprint density at radius 2 is 1.87 bits per heavy atom. The van der Waals surface area contributed by atoms with Gasteiger partial charge in [0, 0.05) is 32.7 Å². The van der Waals surface area contributed by atoms with Gasteiger partial charge < -0.3 is 5.11 Å². The van der Waals surface area contributed by atoms with E-state index in [-0.39, 0.29) is 15.8 Å². The first kappa shape index (κ1) is 16.7. The average molecular weight is 359 g/mol. The van der Waals surface area contributed by atoms with Crippen molar-refractivity contribution in [1.29, 1.82) is 0 Å². The molecule has 0 atom stereocenters. The van der Waals surface area contributed by atoms with Gasteiger partial charge in [-0.05, 0) is 30.5 Å². The number of sulfonamides is 1. The molecule has 6 nitrogen and oxygen atoms in total. The minimum absolute atomic E-state index is 0.0933. The van der Waals surface area contributed by atoms with Crippen LogP contribution in [0.4, 0.5) is 0 Å². The molecule has 3 rings (SSSR count). The van der Waals surface area contributed by atoms with Crippen molar-refractivity contribution in [3.8, 4) is 0 Å². The molecule has 2 aliphatic rings. The Balaban J connectivity index is 1.58. The maximum atomic E-state index is 12.2. The molecule has 1 aromatic rings. The van der Waals surface area contributed by atoms with Crippen molar-refractivity contribution in [1.82, 2.24) is 9.21 Å². The van der Waals surface area contributed by atoms with Crippen molar-refractivity contribution in [2.24, 2.45) is 0 Å². The molecule has 0 unspecified atom stereocenters. The molecule has 2 fully saturated rings. The SMILES string of the molecule is O=C(O)c1ccc(CN2CCN(S(=O)(=O)C3CC3)CC2)cc1Cl. The highest BCUT2D eigenvalue weighted by Crippen LogP contribution is 2.31. The lowest BCUT2D eigenvalue weighted by atomic mass is 10.1. The van der Waals surface area contributed by atoms with Gasteiger partial charge in [-0.25, -0.2) is 13.2 Å². The number of nitrogens with zero attached hydrogens (tertiary/aromatic N) is 2. The summed E-state index contributed by atoms with van der Waals surface area (Å²) in [5.74, 6) is -1.04. The molecule has 0 bridgehead atoms. The Hall–Kier alpha value is -1.15. The topological polar surface area (TPSA) is 77.9 Å². The van der Waals surface area contributed by atoms with Gasteiger partial charge in [0.1, 0.15) is 0 Å².